The van der Waals surface area contributed by atoms with Crippen molar-refractivity contribution in [2.45, 2.75) is 19.8 Å². The largest absolute Gasteiger partial charge is 0.318 e. The number of benzene rings is 1. The molecule has 0 saturated heterocycles. The molecule has 4 nitrogen and oxygen atoms in total. The number of carbonyl (C=O) groups excluding carboxylic acids is 1. The molecule has 1 aromatic carbocycles. The zero-order chi connectivity index (χ0) is 15.9. The zero-order valence-electron chi connectivity index (χ0n) is 12.6. The van der Waals surface area contributed by atoms with Crippen molar-refractivity contribution in [3.8, 4) is 0 Å². The molecule has 0 saturated carbocycles. The number of pyridine rings is 1. The lowest BCUT2D eigenvalue weighted by molar-refractivity contribution is 0.0984. The molecule has 1 aromatic heterocycles. The summed E-state index contributed by atoms with van der Waals surface area (Å²) in [6, 6.07) is 6.04. The molecule has 1 aliphatic rings. The van der Waals surface area contributed by atoms with E-state index >= 15 is 0 Å². The Bertz CT molecular complexity index is 811. The molecule has 0 fully saturated rings. The number of carbonyl (C=O) groups is 1. The molecule has 0 spiro atoms. The first-order valence-electron chi connectivity index (χ1n) is 7.25. The fourth-order valence-corrected chi connectivity index (χ4v) is 2.95. The van der Waals surface area contributed by atoms with Gasteiger partial charge in [0.2, 0.25) is 5.56 Å². The van der Waals surface area contributed by atoms with Crippen LogP contribution in [0.25, 0.3) is 0 Å². The van der Waals surface area contributed by atoms with Gasteiger partial charge in [-0.05, 0) is 37.5 Å². The van der Waals surface area contributed by atoms with Crippen LogP contribution < -0.4 is 10.5 Å². The van der Waals surface area contributed by atoms with E-state index in [4.69, 9.17) is 0 Å². The lowest BCUT2D eigenvalue weighted by Gasteiger charge is -2.31. The number of amides is 1. The Morgan fingerprint density at radius 2 is 2.00 bits per heavy atom. The number of hydrogen-bond donors (Lipinski definition) is 0. The number of hydrogen-bond acceptors (Lipinski definition) is 2. The molecular formula is C17H17FN2O2. The first kappa shape index (κ1) is 14.5. The van der Waals surface area contributed by atoms with Crippen molar-refractivity contribution in [2.24, 2.45) is 7.05 Å². The number of anilines is 1. The quantitative estimate of drug-likeness (QED) is 0.811. The Hall–Kier alpha value is -2.43. The topological polar surface area (TPSA) is 42.3 Å². The maximum absolute atomic E-state index is 14.0. The second-order valence-corrected chi connectivity index (χ2v) is 5.62. The molecular weight excluding hydrogens is 283 g/mol. The average molecular weight is 300 g/mol. The molecule has 1 amide bonds. The van der Waals surface area contributed by atoms with Crippen LogP contribution in [0.4, 0.5) is 10.1 Å². The minimum Gasteiger partial charge on any atom is -0.318 e. The lowest BCUT2D eigenvalue weighted by Crippen LogP contribution is -2.37. The minimum absolute atomic E-state index is 0.169. The highest BCUT2D eigenvalue weighted by atomic mass is 19.1. The first-order valence-corrected chi connectivity index (χ1v) is 7.25. The van der Waals surface area contributed by atoms with E-state index in [1.165, 1.54) is 29.0 Å². The Balaban J connectivity index is 2.07. The molecule has 5 heteroatoms. The van der Waals surface area contributed by atoms with Gasteiger partial charge in [0.1, 0.15) is 5.82 Å². The summed E-state index contributed by atoms with van der Waals surface area (Å²) in [7, 11) is 1.61. The van der Waals surface area contributed by atoms with Crippen molar-refractivity contribution in [1.82, 2.24) is 4.57 Å². The summed E-state index contributed by atoms with van der Waals surface area (Å²) in [6.45, 7) is 2.43. The summed E-state index contributed by atoms with van der Waals surface area (Å²) in [4.78, 5) is 25.9. The Labute approximate surface area is 127 Å². The normalized spacial score (nSPS) is 13.9. The maximum atomic E-state index is 14.0. The summed E-state index contributed by atoms with van der Waals surface area (Å²) in [5.74, 6) is -0.469. The van der Waals surface area contributed by atoms with Gasteiger partial charge in [0.15, 0.2) is 0 Å². The van der Waals surface area contributed by atoms with Gasteiger partial charge in [-0.2, -0.15) is 0 Å². The third-order valence-corrected chi connectivity index (χ3v) is 4.08. The van der Waals surface area contributed by atoms with Crippen LogP contribution in [0.15, 0.2) is 35.3 Å². The van der Waals surface area contributed by atoms with Crippen LogP contribution in [0.2, 0.25) is 0 Å². The van der Waals surface area contributed by atoms with Gasteiger partial charge in [-0.15, -0.1) is 0 Å². The number of halogens is 1. The van der Waals surface area contributed by atoms with Crippen molar-refractivity contribution < 1.29 is 9.18 Å². The summed E-state index contributed by atoms with van der Waals surface area (Å²) in [5, 5.41) is 0. The molecule has 0 bridgehead atoms. The Morgan fingerprint density at radius 1 is 1.23 bits per heavy atom. The van der Waals surface area contributed by atoms with Gasteiger partial charge in [-0.25, -0.2) is 4.39 Å². The number of fused-ring (bicyclic) bond motifs is 1. The summed E-state index contributed by atoms with van der Waals surface area (Å²) in [6.07, 6.45) is 2.89. The van der Waals surface area contributed by atoms with Crippen molar-refractivity contribution in [1.29, 1.82) is 0 Å². The first-order chi connectivity index (χ1) is 10.5. The molecule has 0 N–H and O–H groups in total. The van der Waals surface area contributed by atoms with Gasteiger partial charge in [-0.1, -0.05) is 6.07 Å². The molecule has 0 atom stereocenters. The molecule has 2 aromatic rings. The second kappa shape index (κ2) is 5.40. The predicted molar refractivity (Wildman–Crippen MR) is 82.8 cm³/mol. The van der Waals surface area contributed by atoms with E-state index in [9.17, 15) is 14.0 Å². The van der Waals surface area contributed by atoms with Crippen LogP contribution >= 0.6 is 0 Å². The van der Waals surface area contributed by atoms with Gasteiger partial charge >= 0.3 is 0 Å². The average Bonchev–Trinajstić information content (AvgIpc) is 2.52. The highest BCUT2D eigenvalue weighted by Gasteiger charge is 2.27. The number of nitrogens with zero attached hydrogens (tertiary/aromatic N) is 2. The van der Waals surface area contributed by atoms with Gasteiger partial charge < -0.3 is 9.47 Å². The molecule has 22 heavy (non-hydrogen) atoms. The zero-order valence-corrected chi connectivity index (χ0v) is 12.6. The SMILES string of the molecule is Cc1ccc(F)c2c1N(C(=O)c1ccc(=O)n(C)c1)CCC2. The van der Waals surface area contributed by atoms with Crippen LogP contribution in [0, 0.1) is 12.7 Å². The molecule has 0 unspecified atom stereocenters. The summed E-state index contributed by atoms with van der Waals surface area (Å²) in [5.41, 5.74) is 2.42. The molecule has 0 aliphatic carbocycles. The van der Waals surface area contributed by atoms with Gasteiger partial charge in [0.05, 0.1) is 11.3 Å². The third-order valence-electron chi connectivity index (χ3n) is 4.08. The van der Waals surface area contributed by atoms with Crippen LogP contribution in [-0.4, -0.2) is 17.0 Å². The van der Waals surface area contributed by atoms with E-state index in [0.717, 1.165) is 12.0 Å². The van der Waals surface area contributed by atoms with Crippen molar-refractivity contribution in [3.63, 3.8) is 0 Å². The lowest BCUT2D eigenvalue weighted by atomic mass is 9.97. The van der Waals surface area contributed by atoms with Crippen molar-refractivity contribution >= 4 is 11.6 Å². The number of aromatic nitrogens is 1. The van der Waals surface area contributed by atoms with E-state index in [1.54, 1.807) is 18.0 Å². The third kappa shape index (κ3) is 2.32. The van der Waals surface area contributed by atoms with Crippen LogP contribution in [0.1, 0.15) is 27.9 Å². The maximum Gasteiger partial charge on any atom is 0.259 e. The van der Waals surface area contributed by atoms with Crippen LogP contribution in [0.5, 0.6) is 0 Å². The van der Waals surface area contributed by atoms with Gasteiger partial charge in [0.25, 0.3) is 5.91 Å². The van der Waals surface area contributed by atoms with Gasteiger partial charge in [-0.3, -0.25) is 9.59 Å². The van der Waals surface area contributed by atoms with E-state index < -0.39 is 0 Å². The molecule has 1 aliphatic heterocycles. The fraction of sp³-hybridized carbons (Fsp3) is 0.294. The van der Waals surface area contributed by atoms with E-state index in [2.05, 4.69) is 0 Å². The minimum atomic E-state index is -0.265. The smallest absolute Gasteiger partial charge is 0.259 e. The van der Waals surface area contributed by atoms with E-state index in [1.807, 2.05) is 6.92 Å². The van der Waals surface area contributed by atoms with Crippen LogP contribution in [0.3, 0.4) is 0 Å². The highest BCUT2D eigenvalue weighted by molar-refractivity contribution is 6.07. The van der Waals surface area contributed by atoms with Crippen LogP contribution in [-0.2, 0) is 13.5 Å². The van der Waals surface area contributed by atoms with Crippen molar-refractivity contribution in [3.05, 3.63) is 63.3 Å². The number of rotatable bonds is 1. The van der Waals surface area contributed by atoms with Crippen molar-refractivity contribution in [2.75, 3.05) is 11.4 Å². The summed E-state index contributed by atoms with van der Waals surface area (Å²) >= 11 is 0. The molecule has 2 heterocycles. The standard InChI is InChI=1S/C17H17FN2O2/c1-11-5-7-14(18)13-4-3-9-20(16(11)13)17(22)12-6-8-15(21)19(2)10-12/h5-8,10H,3-4,9H2,1-2H3. The van der Waals surface area contributed by atoms with Gasteiger partial charge in [0, 0.05) is 31.4 Å². The highest BCUT2D eigenvalue weighted by Crippen LogP contribution is 2.33. The number of aryl methyl sites for hydroxylation is 2. The summed E-state index contributed by atoms with van der Waals surface area (Å²) < 4.78 is 15.4. The Kier molecular flexibility index (Phi) is 3.56. The Morgan fingerprint density at radius 3 is 2.73 bits per heavy atom. The second-order valence-electron chi connectivity index (χ2n) is 5.62. The van der Waals surface area contributed by atoms with E-state index in [0.29, 0.717) is 29.8 Å². The van der Waals surface area contributed by atoms with E-state index in [-0.39, 0.29) is 17.3 Å². The fourth-order valence-electron chi connectivity index (χ4n) is 2.95. The molecule has 3 rings (SSSR count). The monoisotopic (exact) mass is 300 g/mol. The molecule has 114 valence electrons. The predicted octanol–water partition coefficient (Wildman–Crippen LogP) is 2.43. The molecule has 0 radical (unpaired) electrons.